The van der Waals surface area contributed by atoms with Crippen molar-refractivity contribution in [2.75, 3.05) is 18.4 Å². The fourth-order valence-electron chi connectivity index (χ4n) is 3.81. The van der Waals surface area contributed by atoms with E-state index in [2.05, 4.69) is 10.3 Å². The number of carbonyl (C=O) groups is 1. The second-order valence-electron chi connectivity index (χ2n) is 7.84. The Morgan fingerprint density at radius 2 is 1.90 bits per heavy atom. The molecule has 2 atom stereocenters. The zero-order valence-electron chi connectivity index (χ0n) is 16.7. The van der Waals surface area contributed by atoms with Crippen LogP contribution in [0.2, 0.25) is 0 Å². The van der Waals surface area contributed by atoms with Crippen LogP contribution in [0, 0.1) is 11.6 Å². The minimum atomic E-state index is -0.973. The number of hydrogen-bond acceptors (Lipinski definition) is 2. The number of rotatable bonds is 5. The fourth-order valence-corrected chi connectivity index (χ4v) is 5.02. The maximum Gasteiger partial charge on any atom is 0.272 e. The van der Waals surface area contributed by atoms with Gasteiger partial charge in [0, 0.05) is 41.0 Å². The second kappa shape index (κ2) is 8.28. The highest BCUT2D eigenvalue weighted by atomic mass is 32.2. The molecule has 4 rings (SSSR count). The third kappa shape index (κ3) is 4.29. The minimum absolute atomic E-state index is 0.0565. The van der Waals surface area contributed by atoms with Gasteiger partial charge in [0.25, 0.3) is 5.91 Å². The molecule has 1 amide bonds. The molecule has 2 aromatic carbocycles. The molecule has 0 spiro atoms. The fraction of sp³-hybridized carbons (Fsp3) is 0.318. The Labute approximate surface area is 176 Å². The number of nitrogens with zero attached hydrogens (tertiary/aromatic N) is 1. The van der Waals surface area contributed by atoms with Crippen molar-refractivity contribution in [3.8, 4) is 0 Å². The summed E-state index contributed by atoms with van der Waals surface area (Å²) in [6, 6.07) is 10.6. The third-order valence-electron chi connectivity index (χ3n) is 5.29. The van der Waals surface area contributed by atoms with Gasteiger partial charge in [-0.25, -0.2) is 17.3 Å². The topological polar surface area (TPSA) is 65.2 Å². The van der Waals surface area contributed by atoms with Crippen molar-refractivity contribution in [1.82, 2.24) is 9.29 Å². The van der Waals surface area contributed by atoms with Crippen LogP contribution in [0.3, 0.4) is 0 Å². The molecule has 1 aliphatic heterocycles. The van der Waals surface area contributed by atoms with E-state index in [1.807, 2.05) is 36.4 Å². The maximum atomic E-state index is 13.3. The summed E-state index contributed by atoms with van der Waals surface area (Å²) in [7, 11) is -0.973. The number of benzene rings is 2. The standard InChI is InChI=1S/C22H23F2N3O2S/c1-13(2)30(29)27-6-5-15(12-27)14-3-4-20-16(7-14)8-21(26-20)22(28)25-19-10-17(23)9-18(24)11-19/h3-4,7-11,13,15,26H,5-6,12H2,1-2H3,(H,25,28). The maximum absolute atomic E-state index is 13.3. The number of H-pyrrole nitrogens is 1. The van der Waals surface area contributed by atoms with Crippen LogP contribution in [0.5, 0.6) is 0 Å². The number of carbonyl (C=O) groups excluding carboxylic acids is 1. The lowest BCUT2D eigenvalue weighted by molar-refractivity contribution is 0.102. The Bertz CT molecular complexity index is 1110. The lowest BCUT2D eigenvalue weighted by atomic mass is 9.97. The quantitative estimate of drug-likeness (QED) is 0.622. The smallest absolute Gasteiger partial charge is 0.272 e. The largest absolute Gasteiger partial charge is 0.351 e. The van der Waals surface area contributed by atoms with Gasteiger partial charge in [-0.1, -0.05) is 6.07 Å². The average Bonchev–Trinajstić information content (AvgIpc) is 3.33. The minimum Gasteiger partial charge on any atom is -0.351 e. The van der Waals surface area contributed by atoms with E-state index in [0.29, 0.717) is 11.6 Å². The third-order valence-corrected chi connectivity index (χ3v) is 6.94. The molecule has 0 bridgehead atoms. The van der Waals surface area contributed by atoms with Crippen molar-refractivity contribution < 1.29 is 17.8 Å². The summed E-state index contributed by atoms with van der Waals surface area (Å²) in [5, 5.41) is 3.49. The number of halogens is 2. The van der Waals surface area contributed by atoms with Gasteiger partial charge in [-0.2, -0.15) is 0 Å². The number of hydrogen-bond donors (Lipinski definition) is 2. The van der Waals surface area contributed by atoms with Gasteiger partial charge in [-0.05, 0) is 62.1 Å². The molecule has 8 heteroatoms. The Kier molecular flexibility index (Phi) is 5.71. The lowest BCUT2D eigenvalue weighted by Gasteiger charge is -2.17. The van der Waals surface area contributed by atoms with Gasteiger partial charge in [0.15, 0.2) is 0 Å². The number of anilines is 1. The molecule has 2 heterocycles. The molecule has 30 heavy (non-hydrogen) atoms. The first-order chi connectivity index (χ1) is 14.3. The molecule has 5 nitrogen and oxygen atoms in total. The highest BCUT2D eigenvalue weighted by Gasteiger charge is 2.28. The summed E-state index contributed by atoms with van der Waals surface area (Å²) >= 11 is 0. The van der Waals surface area contributed by atoms with Gasteiger partial charge in [-0.15, -0.1) is 0 Å². The van der Waals surface area contributed by atoms with E-state index in [0.717, 1.165) is 54.2 Å². The van der Waals surface area contributed by atoms with Crippen molar-refractivity contribution in [2.24, 2.45) is 0 Å². The monoisotopic (exact) mass is 431 g/mol. The van der Waals surface area contributed by atoms with Crippen molar-refractivity contribution in [1.29, 1.82) is 0 Å². The van der Waals surface area contributed by atoms with E-state index in [1.54, 1.807) is 6.07 Å². The van der Waals surface area contributed by atoms with Gasteiger partial charge in [-0.3, -0.25) is 4.79 Å². The predicted octanol–water partition coefficient (Wildman–Crippen LogP) is 4.56. The summed E-state index contributed by atoms with van der Waals surface area (Å²) in [6.07, 6.45) is 0.937. The van der Waals surface area contributed by atoms with Crippen molar-refractivity contribution in [2.45, 2.75) is 31.4 Å². The molecular weight excluding hydrogens is 408 g/mol. The van der Waals surface area contributed by atoms with Crippen LogP contribution in [0.1, 0.15) is 42.2 Å². The number of nitrogens with one attached hydrogen (secondary N) is 2. The SMILES string of the molecule is CC(C)S(=O)N1CCC(c2ccc3[nH]c(C(=O)Nc4cc(F)cc(F)c4)cc3c2)C1. The number of aromatic amines is 1. The van der Waals surface area contributed by atoms with Crippen LogP contribution in [0.25, 0.3) is 10.9 Å². The molecule has 1 fully saturated rings. The van der Waals surface area contributed by atoms with Crippen LogP contribution >= 0.6 is 0 Å². The number of aromatic nitrogens is 1. The van der Waals surface area contributed by atoms with Gasteiger partial charge in [0.1, 0.15) is 17.3 Å². The zero-order chi connectivity index (χ0) is 21.4. The normalized spacial score (nSPS) is 18.2. The van der Waals surface area contributed by atoms with Crippen LogP contribution in [0.15, 0.2) is 42.5 Å². The van der Waals surface area contributed by atoms with E-state index >= 15 is 0 Å². The first-order valence-corrected chi connectivity index (χ1v) is 11.0. The Morgan fingerprint density at radius 3 is 2.60 bits per heavy atom. The highest BCUT2D eigenvalue weighted by molar-refractivity contribution is 7.83. The molecule has 0 saturated carbocycles. The summed E-state index contributed by atoms with van der Waals surface area (Å²) in [4.78, 5) is 15.5. The highest BCUT2D eigenvalue weighted by Crippen LogP contribution is 2.31. The van der Waals surface area contributed by atoms with Gasteiger partial charge in [0.2, 0.25) is 0 Å². The first kappa shape index (κ1) is 20.7. The molecule has 0 radical (unpaired) electrons. The number of amides is 1. The molecule has 2 N–H and O–H groups in total. The van der Waals surface area contributed by atoms with Crippen molar-refractivity contribution >= 4 is 33.5 Å². The number of fused-ring (bicyclic) bond motifs is 1. The molecule has 158 valence electrons. The van der Waals surface area contributed by atoms with Crippen molar-refractivity contribution in [3.05, 3.63) is 65.4 Å². The second-order valence-corrected chi connectivity index (χ2v) is 9.85. The van der Waals surface area contributed by atoms with Crippen LogP contribution in [-0.2, 0) is 11.0 Å². The molecule has 1 aromatic heterocycles. The Balaban J connectivity index is 1.51. The van der Waals surface area contributed by atoms with Gasteiger partial charge >= 0.3 is 0 Å². The molecule has 0 aliphatic carbocycles. The van der Waals surface area contributed by atoms with E-state index in [4.69, 9.17) is 0 Å². The van der Waals surface area contributed by atoms with Crippen molar-refractivity contribution in [3.63, 3.8) is 0 Å². The first-order valence-electron chi connectivity index (χ1n) is 9.86. The van der Waals surface area contributed by atoms with Gasteiger partial charge in [0.05, 0.1) is 11.0 Å². The summed E-state index contributed by atoms with van der Waals surface area (Å²) < 4.78 is 41.0. The van der Waals surface area contributed by atoms with Crippen LogP contribution in [0.4, 0.5) is 14.5 Å². The summed E-state index contributed by atoms with van der Waals surface area (Å²) in [6.45, 7) is 5.47. The molecule has 1 aliphatic rings. The molecule has 1 saturated heterocycles. The zero-order valence-corrected chi connectivity index (χ0v) is 17.6. The van der Waals surface area contributed by atoms with E-state index in [-0.39, 0.29) is 10.9 Å². The van der Waals surface area contributed by atoms with Gasteiger partial charge < -0.3 is 10.3 Å². The van der Waals surface area contributed by atoms with E-state index < -0.39 is 28.5 Å². The lowest BCUT2D eigenvalue weighted by Crippen LogP contribution is -2.28. The summed E-state index contributed by atoms with van der Waals surface area (Å²) in [5.74, 6) is -1.69. The molecular formula is C22H23F2N3O2S. The van der Waals surface area contributed by atoms with Crippen LogP contribution in [-0.4, -0.2) is 37.7 Å². The van der Waals surface area contributed by atoms with Crippen LogP contribution < -0.4 is 5.32 Å². The Morgan fingerprint density at radius 1 is 1.17 bits per heavy atom. The average molecular weight is 432 g/mol. The van der Waals surface area contributed by atoms with E-state index in [1.165, 1.54) is 0 Å². The predicted molar refractivity (Wildman–Crippen MR) is 115 cm³/mol. The summed E-state index contributed by atoms with van der Waals surface area (Å²) in [5.41, 5.74) is 2.31. The Hall–Kier alpha value is -2.58. The van der Waals surface area contributed by atoms with E-state index in [9.17, 15) is 17.8 Å². The molecule has 2 unspecified atom stereocenters. The molecule has 3 aromatic rings.